The highest BCUT2D eigenvalue weighted by atomic mass is 16.5. The van der Waals surface area contributed by atoms with Crippen molar-refractivity contribution in [2.24, 2.45) is 0 Å². The van der Waals surface area contributed by atoms with Gasteiger partial charge in [0.2, 0.25) is 0 Å². The first kappa shape index (κ1) is 17.2. The van der Waals surface area contributed by atoms with E-state index >= 15 is 0 Å². The predicted octanol–water partition coefficient (Wildman–Crippen LogP) is 4.36. The van der Waals surface area contributed by atoms with E-state index in [0.717, 1.165) is 11.3 Å². The van der Waals surface area contributed by atoms with E-state index < -0.39 is 11.8 Å². The summed E-state index contributed by atoms with van der Waals surface area (Å²) in [6.07, 6.45) is 0. The lowest BCUT2D eigenvalue weighted by atomic mass is 10.2. The van der Waals surface area contributed by atoms with Gasteiger partial charge in [-0.2, -0.15) is 0 Å². The average molecular weight is 346 g/mol. The van der Waals surface area contributed by atoms with E-state index in [1.807, 2.05) is 49.4 Å². The van der Waals surface area contributed by atoms with E-state index in [-0.39, 0.29) is 0 Å². The monoisotopic (exact) mass is 346 g/mol. The fourth-order valence-corrected chi connectivity index (χ4v) is 2.33. The van der Waals surface area contributed by atoms with Gasteiger partial charge in [-0.1, -0.05) is 30.3 Å². The van der Waals surface area contributed by atoms with Crippen LogP contribution in [0.2, 0.25) is 0 Å². The van der Waals surface area contributed by atoms with Gasteiger partial charge in [-0.3, -0.25) is 9.59 Å². The van der Waals surface area contributed by atoms with Crippen LogP contribution in [0.15, 0.2) is 78.9 Å². The minimum Gasteiger partial charge on any atom is -0.457 e. The van der Waals surface area contributed by atoms with Crippen molar-refractivity contribution < 1.29 is 14.3 Å². The van der Waals surface area contributed by atoms with Crippen molar-refractivity contribution in [3.8, 4) is 11.5 Å². The van der Waals surface area contributed by atoms with Crippen LogP contribution in [-0.2, 0) is 9.59 Å². The van der Waals surface area contributed by atoms with Crippen molar-refractivity contribution in [2.45, 2.75) is 6.92 Å². The fraction of sp³-hybridized carbons (Fsp3) is 0.0476. The molecule has 2 N–H and O–H groups in total. The normalized spacial score (nSPS) is 10.0. The zero-order valence-electron chi connectivity index (χ0n) is 14.2. The van der Waals surface area contributed by atoms with Gasteiger partial charge in [-0.15, -0.1) is 0 Å². The van der Waals surface area contributed by atoms with Gasteiger partial charge in [-0.25, -0.2) is 0 Å². The molecule has 3 rings (SSSR count). The van der Waals surface area contributed by atoms with Crippen LogP contribution >= 0.6 is 0 Å². The number of rotatable bonds is 4. The highest BCUT2D eigenvalue weighted by Crippen LogP contribution is 2.22. The summed E-state index contributed by atoms with van der Waals surface area (Å²) in [7, 11) is 0. The van der Waals surface area contributed by atoms with E-state index in [2.05, 4.69) is 10.6 Å². The van der Waals surface area contributed by atoms with Crippen molar-refractivity contribution in [2.75, 3.05) is 10.6 Å². The number of ether oxygens (including phenoxy) is 1. The molecule has 130 valence electrons. The van der Waals surface area contributed by atoms with Crippen LogP contribution in [0.1, 0.15) is 5.56 Å². The van der Waals surface area contributed by atoms with Crippen LogP contribution in [0.25, 0.3) is 0 Å². The number of carbonyl (C=O) groups excluding carboxylic acids is 2. The number of nitrogens with one attached hydrogen (secondary N) is 2. The number of carbonyl (C=O) groups is 2. The molecule has 3 aromatic rings. The predicted molar refractivity (Wildman–Crippen MR) is 101 cm³/mol. The Bertz CT molecular complexity index is 906. The van der Waals surface area contributed by atoms with Crippen LogP contribution in [0.3, 0.4) is 0 Å². The molecule has 0 saturated heterocycles. The van der Waals surface area contributed by atoms with E-state index in [0.29, 0.717) is 17.1 Å². The summed E-state index contributed by atoms with van der Waals surface area (Å²) in [4.78, 5) is 24.0. The second kappa shape index (κ2) is 7.98. The lowest BCUT2D eigenvalue weighted by molar-refractivity contribution is -0.132. The van der Waals surface area contributed by atoms with Crippen molar-refractivity contribution in [3.05, 3.63) is 84.4 Å². The first-order chi connectivity index (χ1) is 12.6. The van der Waals surface area contributed by atoms with Gasteiger partial charge < -0.3 is 15.4 Å². The molecular weight excluding hydrogens is 328 g/mol. The lowest BCUT2D eigenvalue weighted by Gasteiger charge is -2.09. The molecule has 0 aliphatic rings. The summed E-state index contributed by atoms with van der Waals surface area (Å²) in [6.45, 7) is 1.91. The van der Waals surface area contributed by atoms with Crippen molar-refractivity contribution in [1.82, 2.24) is 0 Å². The summed E-state index contributed by atoms with van der Waals surface area (Å²) in [5.41, 5.74) is 2.09. The van der Waals surface area contributed by atoms with Gasteiger partial charge in [0.1, 0.15) is 11.5 Å². The third kappa shape index (κ3) is 4.70. The molecule has 2 amide bonds. The number of amides is 2. The molecule has 5 heteroatoms. The molecule has 26 heavy (non-hydrogen) atoms. The molecule has 0 aromatic heterocycles. The van der Waals surface area contributed by atoms with E-state index in [1.165, 1.54) is 0 Å². The van der Waals surface area contributed by atoms with E-state index in [9.17, 15) is 9.59 Å². The van der Waals surface area contributed by atoms with Crippen LogP contribution < -0.4 is 15.4 Å². The number of benzene rings is 3. The van der Waals surface area contributed by atoms with Gasteiger partial charge in [0.05, 0.1) is 0 Å². The maximum Gasteiger partial charge on any atom is 0.314 e. The third-order valence-corrected chi connectivity index (χ3v) is 3.57. The Balaban J connectivity index is 1.58. The average Bonchev–Trinajstić information content (AvgIpc) is 2.64. The van der Waals surface area contributed by atoms with E-state index in [4.69, 9.17) is 4.74 Å². The smallest absolute Gasteiger partial charge is 0.314 e. The molecule has 0 radical (unpaired) electrons. The highest BCUT2D eigenvalue weighted by Gasteiger charge is 2.14. The zero-order chi connectivity index (χ0) is 18.4. The first-order valence-electron chi connectivity index (χ1n) is 8.12. The van der Waals surface area contributed by atoms with Crippen LogP contribution in [0.4, 0.5) is 11.4 Å². The quantitative estimate of drug-likeness (QED) is 0.690. The molecule has 0 bridgehead atoms. The Morgan fingerprint density at radius 1 is 0.692 bits per heavy atom. The molecule has 0 atom stereocenters. The number of para-hydroxylation sites is 1. The van der Waals surface area contributed by atoms with Crippen molar-refractivity contribution in [3.63, 3.8) is 0 Å². The van der Waals surface area contributed by atoms with Gasteiger partial charge in [-0.05, 0) is 61.0 Å². The minimum atomic E-state index is -0.733. The molecule has 0 fully saturated rings. The maximum atomic E-state index is 12.0. The Kier molecular flexibility index (Phi) is 5.29. The number of anilines is 2. The van der Waals surface area contributed by atoms with Gasteiger partial charge in [0, 0.05) is 11.4 Å². The Hall–Kier alpha value is -3.60. The van der Waals surface area contributed by atoms with Gasteiger partial charge in [0.25, 0.3) is 0 Å². The lowest BCUT2D eigenvalue weighted by Crippen LogP contribution is -2.29. The molecule has 0 heterocycles. The number of hydrogen-bond acceptors (Lipinski definition) is 3. The number of hydrogen-bond donors (Lipinski definition) is 2. The molecule has 0 aliphatic heterocycles. The largest absolute Gasteiger partial charge is 0.457 e. The Morgan fingerprint density at radius 2 is 1.31 bits per heavy atom. The standard InChI is InChI=1S/C21H18N2O3/c1-15-6-5-7-17(14-15)23-21(25)20(24)22-16-10-12-19(13-11-16)26-18-8-3-2-4-9-18/h2-14H,1H3,(H,22,24)(H,23,25). The first-order valence-corrected chi connectivity index (χ1v) is 8.12. The van der Waals surface area contributed by atoms with Gasteiger partial charge in [0.15, 0.2) is 0 Å². The molecule has 0 aliphatic carbocycles. The molecule has 0 spiro atoms. The summed E-state index contributed by atoms with van der Waals surface area (Å²) >= 11 is 0. The topological polar surface area (TPSA) is 67.4 Å². The Morgan fingerprint density at radius 3 is 1.96 bits per heavy atom. The van der Waals surface area contributed by atoms with Crippen LogP contribution in [0, 0.1) is 6.92 Å². The Labute approximate surface area is 151 Å². The second-order valence-corrected chi connectivity index (χ2v) is 5.72. The summed E-state index contributed by atoms with van der Waals surface area (Å²) < 4.78 is 5.68. The van der Waals surface area contributed by atoms with Crippen molar-refractivity contribution in [1.29, 1.82) is 0 Å². The van der Waals surface area contributed by atoms with Crippen LogP contribution in [-0.4, -0.2) is 11.8 Å². The minimum absolute atomic E-state index is 0.509. The molecule has 5 nitrogen and oxygen atoms in total. The second-order valence-electron chi connectivity index (χ2n) is 5.72. The van der Waals surface area contributed by atoms with Crippen molar-refractivity contribution >= 4 is 23.2 Å². The van der Waals surface area contributed by atoms with E-state index in [1.54, 1.807) is 36.4 Å². The SMILES string of the molecule is Cc1cccc(NC(=O)C(=O)Nc2ccc(Oc3ccccc3)cc2)c1. The van der Waals surface area contributed by atoms with Crippen LogP contribution in [0.5, 0.6) is 11.5 Å². The fourth-order valence-electron chi connectivity index (χ4n) is 2.33. The molecular formula is C21H18N2O3. The number of aryl methyl sites for hydroxylation is 1. The summed E-state index contributed by atoms with van der Waals surface area (Å²) in [5, 5.41) is 5.13. The zero-order valence-corrected chi connectivity index (χ0v) is 14.2. The summed E-state index contributed by atoms with van der Waals surface area (Å²) in [6, 6.07) is 23.4. The summed E-state index contributed by atoms with van der Waals surface area (Å²) in [5.74, 6) is -0.0938. The highest BCUT2D eigenvalue weighted by molar-refractivity contribution is 6.43. The third-order valence-electron chi connectivity index (χ3n) is 3.57. The molecule has 3 aromatic carbocycles. The van der Waals surface area contributed by atoms with Gasteiger partial charge >= 0.3 is 11.8 Å². The maximum absolute atomic E-state index is 12.0. The molecule has 0 saturated carbocycles. The molecule has 0 unspecified atom stereocenters.